The van der Waals surface area contributed by atoms with Gasteiger partial charge in [0, 0.05) is 50.7 Å². The van der Waals surface area contributed by atoms with E-state index in [2.05, 4.69) is 42.9 Å². The standard InChI is InChI=1S/C21H33N7.2ClH/c1-26(13-19-10-23-15-24-19)20-7-16-3-6-27(12-17(16)8-20)14-18-9-21-11-22-4-2-5-28(21)25-18;;/h9-10,15-17,20,22H,2-8,11-14H2,1H3,(H,23,24);2*1H/t16-,17-,20+;;/m1../s1. The first kappa shape index (κ1) is 23.5. The van der Waals surface area contributed by atoms with E-state index in [1.54, 1.807) is 6.33 Å². The quantitative estimate of drug-likeness (QED) is 0.725. The molecule has 0 bridgehead atoms. The number of aromatic nitrogens is 4. The number of H-pyrrole nitrogens is 1. The number of halogens is 2. The number of hydrogen-bond acceptors (Lipinski definition) is 5. The van der Waals surface area contributed by atoms with Crippen LogP contribution in [0.2, 0.25) is 0 Å². The van der Waals surface area contributed by atoms with Crippen molar-refractivity contribution in [2.24, 2.45) is 11.8 Å². The van der Waals surface area contributed by atoms with Crippen LogP contribution in [0.25, 0.3) is 0 Å². The lowest BCUT2D eigenvalue weighted by atomic mass is 9.89. The van der Waals surface area contributed by atoms with E-state index < -0.39 is 0 Å². The van der Waals surface area contributed by atoms with Crippen LogP contribution in [0.15, 0.2) is 18.6 Å². The Hall–Kier alpha value is -1.12. The van der Waals surface area contributed by atoms with Gasteiger partial charge in [0.25, 0.3) is 0 Å². The minimum absolute atomic E-state index is 0. The smallest absolute Gasteiger partial charge is 0.0922 e. The summed E-state index contributed by atoms with van der Waals surface area (Å²) in [6.07, 6.45) is 8.93. The molecule has 0 radical (unpaired) electrons. The average molecular weight is 456 g/mol. The fourth-order valence-electron chi connectivity index (χ4n) is 5.53. The molecule has 168 valence electrons. The van der Waals surface area contributed by atoms with Crippen LogP contribution in [-0.2, 0) is 26.2 Å². The van der Waals surface area contributed by atoms with Crippen molar-refractivity contribution >= 4 is 24.8 Å². The fourth-order valence-corrected chi connectivity index (χ4v) is 5.53. The molecular formula is C21H35Cl2N7. The first-order valence-electron chi connectivity index (χ1n) is 10.9. The molecular weight excluding hydrogens is 421 g/mol. The number of imidazole rings is 1. The molecule has 1 aliphatic carbocycles. The summed E-state index contributed by atoms with van der Waals surface area (Å²) in [6.45, 7) is 7.56. The Labute approximate surface area is 191 Å². The summed E-state index contributed by atoms with van der Waals surface area (Å²) in [7, 11) is 2.27. The Morgan fingerprint density at radius 3 is 2.90 bits per heavy atom. The summed E-state index contributed by atoms with van der Waals surface area (Å²) in [5.74, 6) is 1.73. The number of aryl methyl sites for hydroxylation is 1. The van der Waals surface area contributed by atoms with E-state index in [4.69, 9.17) is 5.10 Å². The van der Waals surface area contributed by atoms with E-state index in [0.29, 0.717) is 6.04 Å². The van der Waals surface area contributed by atoms with Crippen molar-refractivity contribution in [3.05, 3.63) is 35.7 Å². The summed E-state index contributed by atoms with van der Waals surface area (Å²) in [6, 6.07) is 3.02. The second kappa shape index (κ2) is 10.5. The third-order valence-electron chi connectivity index (χ3n) is 7.05. The maximum atomic E-state index is 4.89. The SMILES string of the molecule is CN(Cc1cnc[nH]1)[C@H]1C[C@H]2CCN(Cc3cc4n(n3)CCCNC4)C[C@H]2C1.Cl.Cl. The third kappa shape index (κ3) is 5.19. The maximum absolute atomic E-state index is 4.89. The zero-order valence-corrected chi connectivity index (χ0v) is 19.4. The first-order chi connectivity index (χ1) is 13.7. The highest BCUT2D eigenvalue weighted by molar-refractivity contribution is 5.85. The largest absolute Gasteiger partial charge is 0.347 e. The summed E-state index contributed by atoms with van der Waals surface area (Å²) < 4.78 is 2.22. The summed E-state index contributed by atoms with van der Waals surface area (Å²) >= 11 is 0. The molecule has 2 fully saturated rings. The van der Waals surface area contributed by atoms with Gasteiger partial charge in [-0.05, 0) is 63.7 Å². The predicted octanol–water partition coefficient (Wildman–Crippen LogP) is 2.68. The number of likely N-dealkylation sites (tertiary alicyclic amines) is 1. The molecule has 3 aliphatic rings. The lowest BCUT2D eigenvalue weighted by Gasteiger charge is -2.34. The van der Waals surface area contributed by atoms with Crippen LogP contribution in [0.4, 0.5) is 0 Å². The van der Waals surface area contributed by atoms with Gasteiger partial charge in [0.15, 0.2) is 0 Å². The van der Waals surface area contributed by atoms with Crippen molar-refractivity contribution in [3.8, 4) is 0 Å². The van der Waals surface area contributed by atoms with Gasteiger partial charge in [-0.15, -0.1) is 24.8 Å². The first-order valence-corrected chi connectivity index (χ1v) is 10.9. The van der Waals surface area contributed by atoms with Crippen LogP contribution in [-0.4, -0.2) is 62.3 Å². The van der Waals surface area contributed by atoms with Gasteiger partial charge in [0.05, 0.1) is 17.7 Å². The molecule has 0 unspecified atom stereocenters. The summed E-state index contributed by atoms with van der Waals surface area (Å²) in [5.41, 5.74) is 3.82. The Balaban J connectivity index is 0.00000128. The Bertz CT molecular complexity index is 755. The molecule has 0 aromatic carbocycles. The number of piperidine rings is 1. The number of nitrogens with one attached hydrogen (secondary N) is 2. The van der Waals surface area contributed by atoms with Gasteiger partial charge in [-0.2, -0.15) is 5.10 Å². The Morgan fingerprint density at radius 2 is 2.07 bits per heavy atom. The zero-order chi connectivity index (χ0) is 18.9. The number of aromatic amines is 1. The van der Waals surface area contributed by atoms with E-state index in [-0.39, 0.29) is 24.8 Å². The minimum atomic E-state index is 0. The molecule has 1 saturated carbocycles. The van der Waals surface area contributed by atoms with Gasteiger partial charge in [-0.1, -0.05) is 0 Å². The van der Waals surface area contributed by atoms with E-state index in [9.17, 15) is 0 Å². The molecule has 5 rings (SSSR count). The van der Waals surface area contributed by atoms with Crippen molar-refractivity contribution in [1.29, 1.82) is 0 Å². The van der Waals surface area contributed by atoms with Crippen molar-refractivity contribution in [2.75, 3.05) is 26.7 Å². The average Bonchev–Trinajstić information content (AvgIpc) is 3.39. The van der Waals surface area contributed by atoms with Gasteiger partial charge >= 0.3 is 0 Å². The van der Waals surface area contributed by atoms with Gasteiger partial charge in [0.2, 0.25) is 0 Å². The van der Waals surface area contributed by atoms with Crippen LogP contribution in [0.1, 0.15) is 42.8 Å². The third-order valence-corrected chi connectivity index (χ3v) is 7.05. The van der Waals surface area contributed by atoms with E-state index in [0.717, 1.165) is 44.6 Å². The number of rotatable bonds is 5. The molecule has 3 atom stereocenters. The zero-order valence-electron chi connectivity index (χ0n) is 17.8. The van der Waals surface area contributed by atoms with Crippen LogP contribution in [0.5, 0.6) is 0 Å². The van der Waals surface area contributed by atoms with Crippen molar-refractivity contribution < 1.29 is 0 Å². The van der Waals surface area contributed by atoms with Crippen LogP contribution >= 0.6 is 24.8 Å². The topological polar surface area (TPSA) is 65.0 Å². The molecule has 7 nitrogen and oxygen atoms in total. The lowest BCUT2D eigenvalue weighted by molar-refractivity contribution is 0.130. The van der Waals surface area contributed by atoms with Gasteiger partial charge in [-0.25, -0.2) is 4.98 Å². The molecule has 0 amide bonds. The van der Waals surface area contributed by atoms with Crippen LogP contribution < -0.4 is 5.32 Å². The second-order valence-electron chi connectivity index (χ2n) is 9.04. The van der Waals surface area contributed by atoms with Crippen molar-refractivity contribution in [3.63, 3.8) is 0 Å². The molecule has 2 N–H and O–H groups in total. The molecule has 2 aliphatic heterocycles. The van der Waals surface area contributed by atoms with Crippen LogP contribution in [0, 0.1) is 11.8 Å². The summed E-state index contributed by atoms with van der Waals surface area (Å²) in [5, 5.41) is 8.39. The second-order valence-corrected chi connectivity index (χ2v) is 9.04. The number of hydrogen-bond donors (Lipinski definition) is 2. The highest BCUT2D eigenvalue weighted by Gasteiger charge is 2.39. The van der Waals surface area contributed by atoms with Crippen LogP contribution in [0.3, 0.4) is 0 Å². The highest BCUT2D eigenvalue weighted by atomic mass is 35.5. The normalized spacial score (nSPS) is 26.4. The molecule has 1 saturated heterocycles. The van der Waals surface area contributed by atoms with E-state index in [1.165, 1.54) is 55.9 Å². The molecule has 0 spiro atoms. The van der Waals surface area contributed by atoms with Gasteiger partial charge in [0.1, 0.15) is 0 Å². The highest BCUT2D eigenvalue weighted by Crippen LogP contribution is 2.40. The summed E-state index contributed by atoms with van der Waals surface area (Å²) in [4.78, 5) is 12.6. The number of fused-ring (bicyclic) bond motifs is 2. The minimum Gasteiger partial charge on any atom is -0.347 e. The monoisotopic (exact) mass is 455 g/mol. The molecule has 2 aromatic rings. The number of nitrogens with zero attached hydrogens (tertiary/aromatic N) is 5. The molecule has 9 heteroatoms. The lowest BCUT2D eigenvalue weighted by Crippen LogP contribution is -2.38. The molecule has 4 heterocycles. The van der Waals surface area contributed by atoms with Crippen molar-refractivity contribution in [2.45, 2.75) is 57.9 Å². The maximum Gasteiger partial charge on any atom is 0.0922 e. The Kier molecular flexibility index (Phi) is 8.21. The fraction of sp³-hybridized carbons (Fsp3) is 0.714. The predicted molar refractivity (Wildman–Crippen MR) is 123 cm³/mol. The van der Waals surface area contributed by atoms with Gasteiger partial charge < -0.3 is 10.3 Å². The molecule has 30 heavy (non-hydrogen) atoms. The molecule has 2 aromatic heterocycles. The Morgan fingerprint density at radius 1 is 1.20 bits per heavy atom. The van der Waals surface area contributed by atoms with E-state index in [1.807, 2.05) is 6.20 Å². The van der Waals surface area contributed by atoms with Crippen molar-refractivity contribution in [1.82, 2.24) is 34.9 Å². The van der Waals surface area contributed by atoms with Gasteiger partial charge in [-0.3, -0.25) is 14.5 Å². The van der Waals surface area contributed by atoms with E-state index >= 15 is 0 Å².